The van der Waals surface area contributed by atoms with Gasteiger partial charge in [-0.2, -0.15) is 8.42 Å². The third kappa shape index (κ3) is 5.15. The van der Waals surface area contributed by atoms with Gasteiger partial charge in [-0.25, -0.2) is 4.39 Å². The van der Waals surface area contributed by atoms with Crippen LogP contribution in [-0.4, -0.2) is 44.0 Å². The van der Waals surface area contributed by atoms with Gasteiger partial charge in [-0.05, 0) is 42.0 Å². The fourth-order valence-electron chi connectivity index (χ4n) is 2.95. The summed E-state index contributed by atoms with van der Waals surface area (Å²) < 4.78 is 45.7. The smallest absolute Gasteiger partial charge is 0.357 e. The first-order chi connectivity index (χ1) is 11.9. The fraction of sp³-hybridized carbons (Fsp3) is 0.294. The van der Waals surface area contributed by atoms with Crippen molar-refractivity contribution < 1.29 is 17.4 Å². The maximum Gasteiger partial charge on any atom is 0.357 e. The van der Waals surface area contributed by atoms with Gasteiger partial charge in [0.2, 0.25) is 0 Å². The van der Waals surface area contributed by atoms with Gasteiger partial charge < -0.3 is 4.90 Å². The quantitative estimate of drug-likeness (QED) is 0.796. The summed E-state index contributed by atoms with van der Waals surface area (Å²) in [6, 6.07) is 13.5. The minimum Gasteiger partial charge on any atom is -0.369 e. The lowest BCUT2D eigenvalue weighted by molar-refractivity contribution is 0.249. The monoisotopic (exact) mass is 365 g/mol. The van der Waals surface area contributed by atoms with Crippen LogP contribution in [0.25, 0.3) is 0 Å². The molecule has 3 rings (SSSR count). The van der Waals surface area contributed by atoms with Crippen LogP contribution in [0.5, 0.6) is 0 Å². The Morgan fingerprint density at radius 1 is 1.04 bits per heavy atom. The molecule has 1 aliphatic heterocycles. The van der Waals surface area contributed by atoms with Crippen molar-refractivity contribution in [1.82, 2.24) is 4.90 Å². The lowest BCUT2D eigenvalue weighted by atomic mass is 10.2. The summed E-state index contributed by atoms with van der Waals surface area (Å²) in [5.74, 6) is -0.213. The normalized spacial score (nSPS) is 16.0. The lowest BCUT2D eigenvalue weighted by Gasteiger charge is -2.36. The van der Waals surface area contributed by atoms with Crippen molar-refractivity contribution >= 4 is 21.7 Å². The molecule has 0 aliphatic carbocycles. The second-order valence-electron chi connectivity index (χ2n) is 6.02. The van der Waals surface area contributed by atoms with E-state index in [1.165, 1.54) is 6.07 Å². The van der Waals surface area contributed by atoms with Crippen molar-refractivity contribution in [2.75, 3.05) is 35.8 Å². The van der Waals surface area contributed by atoms with Crippen LogP contribution in [0.1, 0.15) is 5.56 Å². The van der Waals surface area contributed by atoms with E-state index in [9.17, 15) is 12.8 Å². The molecule has 2 aromatic carbocycles. The van der Waals surface area contributed by atoms with Crippen LogP contribution >= 0.6 is 0 Å². The number of nitrogens with zero attached hydrogens (tertiary/aromatic N) is 2. The zero-order valence-corrected chi connectivity index (χ0v) is 14.4. The van der Waals surface area contributed by atoms with Crippen molar-refractivity contribution in [2.24, 2.45) is 0 Å². The molecular formula is C17H20FN3O3S. The number of hydrogen-bond acceptors (Lipinski definition) is 4. The number of nitrogens with one attached hydrogen (secondary N) is 1. The molecule has 0 saturated carbocycles. The summed E-state index contributed by atoms with van der Waals surface area (Å²) in [4.78, 5) is 4.48. The van der Waals surface area contributed by atoms with E-state index in [1.54, 1.807) is 24.3 Å². The molecule has 134 valence electrons. The molecule has 2 N–H and O–H groups in total. The molecule has 8 heteroatoms. The first-order valence-electron chi connectivity index (χ1n) is 7.96. The molecule has 0 bridgehead atoms. The van der Waals surface area contributed by atoms with E-state index < -0.39 is 10.3 Å². The fourth-order valence-corrected chi connectivity index (χ4v) is 3.38. The van der Waals surface area contributed by atoms with Gasteiger partial charge in [0.15, 0.2) is 0 Å². The summed E-state index contributed by atoms with van der Waals surface area (Å²) >= 11 is 0. The topological polar surface area (TPSA) is 72.9 Å². The Bertz CT molecular complexity index is 819. The minimum atomic E-state index is -4.25. The predicted octanol–water partition coefficient (Wildman–Crippen LogP) is 2.36. The molecule has 25 heavy (non-hydrogen) atoms. The highest BCUT2D eigenvalue weighted by Crippen LogP contribution is 2.20. The molecular weight excluding hydrogens is 345 g/mol. The first-order valence-corrected chi connectivity index (χ1v) is 9.40. The van der Waals surface area contributed by atoms with Gasteiger partial charge >= 0.3 is 10.3 Å². The molecule has 0 unspecified atom stereocenters. The SMILES string of the molecule is O=S(=O)(O)Nc1ccc(N2CCN(Cc3cccc(F)c3)CC2)cc1. The van der Waals surface area contributed by atoms with E-state index in [-0.39, 0.29) is 5.82 Å². The number of hydrogen-bond donors (Lipinski definition) is 2. The standard InChI is InChI=1S/C17H20FN3O3S/c18-15-3-1-2-14(12-15)13-20-8-10-21(11-9-20)17-6-4-16(5-7-17)19-25(22,23)24/h1-7,12,19H,8-11,13H2,(H,22,23,24). The number of anilines is 2. The molecule has 0 atom stereocenters. The largest absolute Gasteiger partial charge is 0.369 e. The van der Waals surface area contributed by atoms with Crippen molar-refractivity contribution in [2.45, 2.75) is 6.54 Å². The third-order valence-corrected chi connectivity index (χ3v) is 4.64. The maximum atomic E-state index is 13.3. The van der Waals surface area contributed by atoms with Gasteiger partial charge in [-0.15, -0.1) is 0 Å². The molecule has 2 aromatic rings. The molecule has 0 aromatic heterocycles. The minimum absolute atomic E-state index is 0.213. The van der Waals surface area contributed by atoms with Crippen LogP contribution in [0.4, 0.5) is 15.8 Å². The number of halogens is 1. The van der Waals surface area contributed by atoms with Crippen molar-refractivity contribution in [3.63, 3.8) is 0 Å². The molecule has 6 nitrogen and oxygen atoms in total. The Labute approximate surface area is 146 Å². The van der Waals surface area contributed by atoms with Gasteiger partial charge in [0.1, 0.15) is 5.82 Å². The first kappa shape index (κ1) is 17.7. The lowest BCUT2D eigenvalue weighted by Crippen LogP contribution is -2.45. The summed E-state index contributed by atoms with van der Waals surface area (Å²) in [5.41, 5.74) is 2.27. The van der Waals surface area contributed by atoms with Gasteiger partial charge in [-0.3, -0.25) is 14.2 Å². The van der Waals surface area contributed by atoms with E-state index in [1.807, 2.05) is 22.9 Å². The van der Waals surface area contributed by atoms with E-state index in [2.05, 4.69) is 9.80 Å². The average Bonchev–Trinajstić information content (AvgIpc) is 2.55. The number of piperazine rings is 1. The maximum absolute atomic E-state index is 13.3. The number of rotatable bonds is 5. The molecule has 0 spiro atoms. The van der Waals surface area contributed by atoms with Crippen LogP contribution in [0.2, 0.25) is 0 Å². The van der Waals surface area contributed by atoms with Crippen LogP contribution < -0.4 is 9.62 Å². The summed E-state index contributed by atoms with van der Waals surface area (Å²) in [6.07, 6.45) is 0. The highest BCUT2D eigenvalue weighted by Gasteiger charge is 2.17. The second-order valence-corrected chi connectivity index (χ2v) is 7.17. The van der Waals surface area contributed by atoms with Crippen LogP contribution in [0, 0.1) is 5.82 Å². The van der Waals surface area contributed by atoms with E-state index in [4.69, 9.17) is 4.55 Å². The third-order valence-electron chi connectivity index (χ3n) is 4.15. The summed E-state index contributed by atoms with van der Waals surface area (Å²) in [7, 11) is -4.25. The van der Waals surface area contributed by atoms with Gasteiger partial charge in [0.05, 0.1) is 5.69 Å². The van der Waals surface area contributed by atoms with Crippen molar-refractivity contribution in [1.29, 1.82) is 0 Å². The highest BCUT2D eigenvalue weighted by molar-refractivity contribution is 7.87. The predicted molar refractivity (Wildman–Crippen MR) is 95.5 cm³/mol. The molecule has 1 heterocycles. The Morgan fingerprint density at radius 3 is 2.32 bits per heavy atom. The Kier molecular flexibility index (Phi) is 5.22. The molecule has 0 amide bonds. The van der Waals surface area contributed by atoms with Gasteiger partial charge in [0.25, 0.3) is 0 Å². The zero-order valence-electron chi connectivity index (χ0n) is 13.6. The van der Waals surface area contributed by atoms with E-state index in [0.29, 0.717) is 5.69 Å². The zero-order chi connectivity index (χ0) is 17.9. The molecule has 1 saturated heterocycles. The highest BCUT2D eigenvalue weighted by atomic mass is 32.2. The Balaban J connectivity index is 1.55. The van der Waals surface area contributed by atoms with Gasteiger partial charge in [0, 0.05) is 38.4 Å². The van der Waals surface area contributed by atoms with E-state index in [0.717, 1.165) is 44.0 Å². The average molecular weight is 365 g/mol. The van der Waals surface area contributed by atoms with Crippen LogP contribution in [-0.2, 0) is 16.8 Å². The second kappa shape index (κ2) is 7.38. The summed E-state index contributed by atoms with van der Waals surface area (Å²) in [5, 5.41) is 0. The van der Waals surface area contributed by atoms with Crippen molar-refractivity contribution in [3.05, 3.63) is 59.9 Å². The summed E-state index contributed by atoms with van der Waals surface area (Å²) in [6.45, 7) is 4.12. The molecule has 1 aliphatic rings. The van der Waals surface area contributed by atoms with Crippen LogP contribution in [0.3, 0.4) is 0 Å². The molecule has 0 radical (unpaired) electrons. The molecule has 1 fully saturated rings. The Morgan fingerprint density at radius 2 is 1.72 bits per heavy atom. The van der Waals surface area contributed by atoms with Gasteiger partial charge in [-0.1, -0.05) is 12.1 Å². The van der Waals surface area contributed by atoms with E-state index >= 15 is 0 Å². The van der Waals surface area contributed by atoms with Crippen LogP contribution in [0.15, 0.2) is 48.5 Å². The Hall–Kier alpha value is -2.16. The van der Waals surface area contributed by atoms with Crippen molar-refractivity contribution in [3.8, 4) is 0 Å². The number of benzene rings is 2.